The van der Waals surface area contributed by atoms with Crippen molar-refractivity contribution in [3.8, 4) is 17.2 Å². The van der Waals surface area contributed by atoms with Gasteiger partial charge in [-0.2, -0.15) is 0 Å². The summed E-state index contributed by atoms with van der Waals surface area (Å²) in [6, 6.07) is 13.2. The number of benzene rings is 3. The number of esters is 2. The van der Waals surface area contributed by atoms with Crippen molar-refractivity contribution >= 4 is 17.6 Å². The van der Waals surface area contributed by atoms with E-state index in [1.54, 1.807) is 38.5 Å². The Kier molecular flexibility index (Phi) is 8.65. The molecule has 0 fully saturated rings. The number of aromatic hydroxyl groups is 1. The lowest BCUT2D eigenvalue weighted by Gasteiger charge is -2.27. The average molecular weight is 508 g/mol. The third kappa shape index (κ3) is 5.80. The minimum Gasteiger partial charge on any atom is -0.507 e. The van der Waals surface area contributed by atoms with E-state index in [-0.39, 0.29) is 22.8 Å². The van der Waals surface area contributed by atoms with Crippen LogP contribution in [0.5, 0.6) is 17.2 Å². The van der Waals surface area contributed by atoms with Gasteiger partial charge in [0.05, 0.1) is 45.6 Å². The highest BCUT2D eigenvalue weighted by atomic mass is 16.5. The van der Waals surface area contributed by atoms with Crippen molar-refractivity contribution < 1.29 is 33.6 Å². The van der Waals surface area contributed by atoms with E-state index in [9.17, 15) is 14.7 Å². The molecule has 0 heterocycles. The molecule has 8 heteroatoms. The number of anilines is 1. The number of aryl methyl sites for hydroxylation is 1. The van der Waals surface area contributed by atoms with E-state index in [0.717, 1.165) is 11.1 Å². The van der Waals surface area contributed by atoms with Crippen LogP contribution in [-0.4, -0.2) is 45.5 Å². The van der Waals surface area contributed by atoms with Crippen molar-refractivity contribution in [2.24, 2.45) is 0 Å². The van der Waals surface area contributed by atoms with Gasteiger partial charge in [0.15, 0.2) is 0 Å². The van der Waals surface area contributed by atoms with E-state index in [4.69, 9.17) is 18.9 Å². The first kappa shape index (κ1) is 27.4. The Balaban J connectivity index is 2.31. The van der Waals surface area contributed by atoms with Crippen LogP contribution < -0.4 is 14.8 Å². The molecule has 8 nitrogen and oxygen atoms in total. The van der Waals surface area contributed by atoms with E-state index >= 15 is 0 Å². The van der Waals surface area contributed by atoms with Gasteiger partial charge in [-0.15, -0.1) is 0 Å². The molecule has 1 atom stereocenters. The van der Waals surface area contributed by atoms with Crippen LogP contribution in [0.25, 0.3) is 0 Å². The Labute approximate surface area is 217 Å². The molecule has 0 radical (unpaired) electrons. The van der Waals surface area contributed by atoms with Crippen molar-refractivity contribution in [3.63, 3.8) is 0 Å². The highest BCUT2D eigenvalue weighted by molar-refractivity contribution is 5.97. The quantitative estimate of drug-likeness (QED) is 0.360. The topological polar surface area (TPSA) is 103 Å². The second-order valence-electron chi connectivity index (χ2n) is 8.86. The van der Waals surface area contributed by atoms with E-state index in [1.165, 1.54) is 20.3 Å². The number of phenolic OH excluding ortho intramolecular Hbond substituents is 1. The standard InChI is InChI=1S/C29H33NO7/c1-16(2)22-10-8-17(3)25(27(22)31)26(23-15-21(34-4)9-11-24(23)35-5)30-20-13-18(28(32)36-6)12-19(14-20)29(33)37-7/h8-16,26,30-31H,1-7H3. The smallest absolute Gasteiger partial charge is 0.337 e. The normalized spacial score (nSPS) is 11.6. The molecular formula is C29H33NO7. The maximum atomic E-state index is 12.4. The fourth-order valence-corrected chi connectivity index (χ4v) is 4.28. The first-order valence-electron chi connectivity index (χ1n) is 11.8. The summed E-state index contributed by atoms with van der Waals surface area (Å²) >= 11 is 0. The van der Waals surface area contributed by atoms with E-state index < -0.39 is 18.0 Å². The fourth-order valence-electron chi connectivity index (χ4n) is 4.28. The molecule has 0 saturated heterocycles. The van der Waals surface area contributed by atoms with Crippen LogP contribution in [0.1, 0.15) is 68.8 Å². The molecule has 37 heavy (non-hydrogen) atoms. The minimum atomic E-state index is -0.651. The molecule has 0 aliphatic carbocycles. The molecule has 196 valence electrons. The van der Waals surface area contributed by atoms with Gasteiger partial charge in [0, 0.05) is 16.8 Å². The second kappa shape index (κ2) is 11.7. The molecule has 0 aliphatic rings. The first-order chi connectivity index (χ1) is 17.6. The predicted molar refractivity (Wildman–Crippen MR) is 141 cm³/mol. The lowest BCUT2D eigenvalue weighted by atomic mass is 9.88. The number of hydrogen-bond acceptors (Lipinski definition) is 8. The van der Waals surface area contributed by atoms with Gasteiger partial charge >= 0.3 is 11.9 Å². The van der Waals surface area contributed by atoms with Crippen LogP contribution in [0.2, 0.25) is 0 Å². The number of rotatable bonds is 9. The summed E-state index contributed by atoms with van der Waals surface area (Å²) in [5, 5.41) is 14.9. The summed E-state index contributed by atoms with van der Waals surface area (Å²) in [5.41, 5.74) is 3.70. The summed E-state index contributed by atoms with van der Waals surface area (Å²) in [4.78, 5) is 24.8. The van der Waals surface area contributed by atoms with Gasteiger partial charge < -0.3 is 29.4 Å². The number of carbonyl (C=O) groups excluding carboxylic acids is 2. The molecule has 3 aromatic carbocycles. The van der Waals surface area contributed by atoms with Gasteiger partial charge in [-0.25, -0.2) is 9.59 Å². The van der Waals surface area contributed by atoms with E-state index in [2.05, 4.69) is 5.32 Å². The Hall–Kier alpha value is -4.20. The maximum absolute atomic E-state index is 12.4. The monoisotopic (exact) mass is 507 g/mol. The van der Waals surface area contributed by atoms with Gasteiger partial charge in [-0.1, -0.05) is 26.0 Å². The van der Waals surface area contributed by atoms with Crippen molar-refractivity contribution in [1.82, 2.24) is 0 Å². The average Bonchev–Trinajstić information content (AvgIpc) is 2.90. The lowest BCUT2D eigenvalue weighted by molar-refractivity contribution is 0.0599. The lowest BCUT2D eigenvalue weighted by Crippen LogP contribution is -2.17. The Bertz CT molecular complexity index is 1270. The van der Waals surface area contributed by atoms with E-state index in [0.29, 0.717) is 28.3 Å². The summed E-state index contributed by atoms with van der Waals surface area (Å²) in [7, 11) is 5.66. The number of ether oxygens (including phenoxy) is 4. The fraction of sp³-hybridized carbons (Fsp3) is 0.310. The summed E-state index contributed by atoms with van der Waals surface area (Å²) in [6.07, 6.45) is 0. The van der Waals surface area contributed by atoms with Gasteiger partial charge in [-0.05, 0) is 60.4 Å². The molecule has 0 aliphatic heterocycles. The molecule has 3 rings (SSSR count). The van der Waals surface area contributed by atoms with Crippen LogP contribution in [0.4, 0.5) is 5.69 Å². The molecule has 0 amide bonds. The first-order valence-corrected chi connectivity index (χ1v) is 11.8. The third-order valence-electron chi connectivity index (χ3n) is 6.21. The highest BCUT2D eigenvalue weighted by Gasteiger charge is 2.27. The zero-order valence-electron chi connectivity index (χ0n) is 22.2. The van der Waals surface area contributed by atoms with Crippen molar-refractivity contribution in [2.45, 2.75) is 32.7 Å². The second-order valence-corrected chi connectivity index (χ2v) is 8.86. The van der Waals surface area contributed by atoms with Crippen molar-refractivity contribution in [3.05, 3.63) is 81.9 Å². The number of methoxy groups -OCH3 is 4. The van der Waals surface area contributed by atoms with Gasteiger partial charge in [0.2, 0.25) is 0 Å². The molecule has 3 aromatic rings. The van der Waals surface area contributed by atoms with Crippen molar-refractivity contribution in [2.75, 3.05) is 33.8 Å². The number of phenols is 1. The molecule has 0 bridgehead atoms. The van der Waals surface area contributed by atoms with Crippen LogP contribution >= 0.6 is 0 Å². The summed E-state index contributed by atoms with van der Waals surface area (Å²) in [6.45, 7) is 5.92. The van der Waals surface area contributed by atoms with Crippen LogP contribution in [0.3, 0.4) is 0 Å². The summed E-state index contributed by atoms with van der Waals surface area (Å²) < 4.78 is 20.9. The molecule has 0 aromatic heterocycles. The van der Waals surface area contributed by atoms with Crippen LogP contribution in [-0.2, 0) is 9.47 Å². The molecule has 2 N–H and O–H groups in total. The van der Waals surface area contributed by atoms with Gasteiger partial charge in [-0.3, -0.25) is 0 Å². The number of nitrogens with one attached hydrogen (secondary N) is 1. The van der Waals surface area contributed by atoms with E-state index in [1.807, 2.05) is 39.0 Å². The Morgan fingerprint density at radius 1 is 0.811 bits per heavy atom. The minimum absolute atomic E-state index is 0.0702. The molecule has 1 unspecified atom stereocenters. The summed E-state index contributed by atoms with van der Waals surface area (Å²) in [5.74, 6) is 0.161. The predicted octanol–water partition coefficient (Wildman–Crippen LogP) is 5.62. The SMILES string of the molecule is COC(=O)c1cc(NC(c2cc(OC)ccc2OC)c2c(C)ccc(C(C)C)c2O)cc(C(=O)OC)c1. The highest BCUT2D eigenvalue weighted by Crippen LogP contribution is 2.43. The molecule has 0 saturated carbocycles. The van der Waals surface area contributed by atoms with Gasteiger partial charge in [0.1, 0.15) is 17.2 Å². The third-order valence-corrected chi connectivity index (χ3v) is 6.21. The van der Waals surface area contributed by atoms with Crippen LogP contribution in [0.15, 0.2) is 48.5 Å². The molecule has 0 spiro atoms. The van der Waals surface area contributed by atoms with Crippen molar-refractivity contribution in [1.29, 1.82) is 0 Å². The maximum Gasteiger partial charge on any atom is 0.337 e. The molecular weight excluding hydrogens is 474 g/mol. The Morgan fingerprint density at radius 3 is 1.95 bits per heavy atom. The Morgan fingerprint density at radius 2 is 1.43 bits per heavy atom. The number of carbonyl (C=O) groups is 2. The zero-order chi connectivity index (χ0) is 27.3. The van der Waals surface area contributed by atoms with Crippen LogP contribution in [0, 0.1) is 6.92 Å². The number of hydrogen-bond donors (Lipinski definition) is 2. The zero-order valence-corrected chi connectivity index (χ0v) is 22.2. The largest absolute Gasteiger partial charge is 0.507 e. The van der Waals surface area contributed by atoms with Gasteiger partial charge in [0.25, 0.3) is 0 Å².